The van der Waals surface area contributed by atoms with Crippen LogP contribution in [0.4, 0.5) is 5.69 Å². The molecule has 186 valence electrons. The van der Waals surface area contributed by atoms with E-state index in [0.717, 1.165) is 31.7 Å². The molecule has 0 radical (unpaired) electrons. The summed E-state index contributed by atoms with van der Waals surface area (Å²) < 4.78 is 9.26. The number of nitrogens with one attached hydrogen (secondary N) is 1. The van der Waals surface area contributed by atoms with Crippen LogP contribution in [0.1, 0.15) is 62.0 Å². The second kappa shape index (κ2) is 12.6. The second-order valence-corrected chi connectivity index (χ2v) is 11.2. The highest BCUT2D eigenvalue weighted by atomic mass is 127. The van der Waals surface area contributed by atoms with E-state index in [1.54, 1.807) is 6.08 Å². The minimum Gasteiger partial charge on any atom is -0.485 e. The zero-order valence-corrected chi connectivity index (χ0v) is 23.9. The fourth-order valence-corrected chi connectivity index (χ4v) is 4.95. The van der Waals surface area contributed by atoms with Crippen LogP contribution in [0.25, 0.3) is 0 Å². The molecule has 1 N–H and O–H groups in total. The van der Waals surface area contributed by atoms with Crippen molar-refractivity contribution in [2.45, 2.75) is 64.8 Å². The summed E-state index contributed by atoms with van der Waals surface area (Å²) in [5.41, 5.74) is 4.29. The Morgan fingerprint density at radius 1 is 1.14 bits per heavy atom. The van der Waals surface area contributed by atoms with Crippen molar-refractivity contribution in [2.24, 2.45) is 0 Å². The Hall–Kier alpha value is -2.33. The van der Waals surface area contributed by atoms with Crippen molar-refractivity contribution in [3.8, 4) is 5.75 Å². The molecule has 1 amide bonds. The first-order valence-corrected chi connectivity index (χ1v) is 13.7. The van der Waals surface area contributed by atoms with E-state index >= 15 is 0 Å². The van der Waals surface area contributed by atoms with Crippen molar-refractivity contribution < 1.29 is 9.53 Å². The molecule has 0 saturated carbocycles. The number of anilines is 1. The number of hydrogen-bond acceptors (Lipinski definition) is 5. The van der Waals surface area contributed by atoms with Crippen molar-refractivity contribution in [3.63, 3.8) is 0 Å². The molecule has 0 bridgehead atoms. The van der Waals surface area contributed by atoms with E-state index in [4.69, 9.17) is 4.74 Å². The normalized spacial score (nSPS) is 11.2. The molecule has 0 atom stereocenters. The SMILES string of the molecule is C=CCn1c(COc2cc(C)ccc2C(C)C)nnc1SCC(=O)Nc1ccc(I)cc1C(C)C. The molecule has 0 aliphatic heterocycles. The zero-order chi connectivity index (χ0) is 25.5. The topological polar surface area (TPSA) is 69.0 Å². The smallest absolute Gasteiger partial charge is 0.234 e. The van der Waals surface area contributed by atoms with Gasteiger partial charge < -0.3 is 10.1 Å². The van der Waals surface area contributed by atoms with Crippen molar-refractivity contribution in [1.82, 2.24) is 14.8 Å². The number of aromatic nitrogens is 3. The van der Waals surface area contributed by atoms with Gasteiger partial charge in [-0.15, -0.1) is 16.8 Å². The van der Waals surface area contributed by atoms with E-state index in [2.05, 4.69) is 104 Å². The van der Waals surface area contributed by atoms with Crippen LogP contribution in [0.5, 0.6) is 5.75 Å². The number of thioether (sulfide) groups is 1. The molecule has 6 nitrogen and oxygen atoms in total. The van der Waals surface area contributed by atoms with Crippen molar-refractivity contribution in [3.05, 3.63) is 75.1 Å². The van der Waals surface area contributed by atoms with Crippen molar-refractivity contribution in [2.75, 3.05) is 11.1 Å². The summed E-state index contributed by atoms with van der Waals surface area (Å²) in [5.74, 6) is 2.38. The van der Waals surface area contributed by atoms with Crippen LogP contribution in [-0.4, -0.2) is 26.4 Å². The summed E-state index contributed by atoms with van der Waals surface area (Å²) in [6.45, 7) is 15.3. The van der Waals surface area contributed by atoms with E-state index < -0.39 is 0 Å². The Kier molecular flexibility index (Phi) is 9.80. The highest BCUT2D eigenvalue weighted by molar-refractivity contribution is 14.1. The molecule has 0 aliphatic carbocycles. The Morgan fingerprint density at radius 3 is 2.57 bits per heavy atom. The van der Waals surface area contributed by atoms with Crippen LogP contribution in [-0.2, 0) is 17.9 Å². The summed E-state index contributed by atoms with van der Waals surface area (Å²) in [7, 11) is 0. The molecule has 3 aromatic rings. The average Bonchev–Trinajstić information content (AvgIpc) is 3.19. The maximum absolute atomic E-state index is 12.7. The number of nitrogens with zero attached hydrogens (tertiary/aromatic N) is 3. The molecule has 8 heteroatoms. The predicted octanol–water partition coefficient (Wildman–Crippen LogP) is 6.93. The number of aryl methyl sites for hydroxylation is 1. The van der Waals surface area contributed by atoms with Gasteiger partial charge in [-0.1, -0.05) is 57.7 Å². The van der Waals surface area contributed by atoms with Gasteiger partial charge in [0, 0.05) is 15.8 Å². The summed E-state index contributed by atoms with van der Waals surface area (Å²) in [5, 5.41) is 12.4. The quantitative estimate of drug-likeness (QED) is 0.146. The average molecular weight is 605 g/mol. The van der Waals surface area contributed by atoms with Gasteiger partial charge in [-0.2, -0.15) is 0 Å². The Labute approximate surface area is 226 Å². The first-order chi connectivity index (χ1) is 16.7. The van der Waals surface area contributed by atoms with Crippen LogP contribution in [0.3, 0.4) is 0 Å². The number of carbonyl (C=O) groups is 1. The molecule has 0 fully saturated rings. The van der Waals surface area contributed by atoms with Gasteiger partial charge in [0.15, 0.2) is 11.0 Å². The van der Waals surface area contributed by atoms with Crippen molar-refractivity contribution in [1.29, 1.82) is 0 Å². The maximum Gasteiger partial charge on any atom is 0.234 e. The second-order valence-electron chi connectivity index (χ2n) is 9.01. The molecule has 2 aromatic carbocycles. The number of hydrogen-bond donors (Lipinski definition) is 1. The summed E-state index contributed by atoms with van der Waals surface area (Å²) in [6, 6.07) is 12.3. The molecule has 3 rings (SSSR count). The van der Waals surface area contributed by atoms with Gasteiger partial charge in [0.1, 0.15) is 12.4 Å². The van der Waals surface area contributed by atoms with E-state index in [0.29, 0.717) is 29.4 Å². The summed E-state index contributed by atoms with van der Waals surface area (Å²) in [6.07, 6.45) is 1.80. The van der Waals surface area contributed by atoms with Gasteiger partial charge in [0.05, 0.1) is 5.75 Å². The summed E-state index contributed by atoms with van der Waals surface area (Å²) >= 11 is 3.65. The van der Waals surface area contributed by atoms with Crippen LogP contribution >= 0.6 is 34.4 Å². The molecule has 1 aromatic heterocycles. The standard InChI is InChI=1S/C27H33IN4O2S/c1-7-12-32-25(15-34-24-13-19(6)8-10-21(24)17(2)3)30-31-27(32)35-16-26(33)29-23-11-9-20(28)14-22(23)18(4)5/h7-11,13-14,17-18H,1,12,15-16H2,2-6H3,(H,29,33). The Bertz CT molecular complexity index is 1190. The molecular formula is C27H33IN4O2S. The first-order valence-electron chi connectivity index (χ1n) is 11.7. The van der Waals surface area contributed by atoms with Gasteiger partial charge in [0.25, 0.3) is 0 Å². The fraction of sp³-hybridized carbons (Fsp3) is 0.370. The van der Waals surface area contributed by atoms with Gasteiger partial charge in [-0.05, 0) is 82.3 Å². The largest absolute Gasteiger partial charge is 0.485 e. The van der Waals surface area contributed by atoms with Crippen LogP contribution < -0.4 is 10.1 Å². The van der Waals surface area contributed by atoms with E-state index in [-0.39, 0.29) is 18.3 Å². The number of halogens is 1. The zero-order valence-electron chi connectivity index (χ0n) is 21.0. The van der Waals surface area contributed by atoms with Gasteiger partial charge >= 0.3 is 0 Å². The number of benzene rings is 2. The van der Waals surface area contributed by atoms with Crippen LogP contribution in [0, 0.1) is 10.5 Å². The molecule has 35 heavy (non-hydrogen) atoms. The monoisotopic (exact) mass is 604 g/mol. The van der Waals surface area contributed by atoms with Crippen LogP contribution in [0.15, 0.2) is 54.2 Å². The lowest BCUT2D eigenvalue weighted by atomic mass is 10.0. The Balaban J connectivity index is 1.69. The lowest BCUT2D eigenvalue weighted by molar-refractivity contribution is -0.113. The molecular weight excluding hydrogens is 571 g/mol. The molecule has 0 unspecified atom stereocenters. The van der Waals surface area contributed by atoms with Gasteiger partial charge in [0.2, 0.25) is 5.91 Å². The van der Waals surface area contributed by atoms with E-state index in [1.165, 1.54) is 11.8 Å². The molecule has 0 saturated heterocycles. The molecule has 0 aliphatic rings. The predicted molar refractivity (Wildman–Crippen MR) is 152 cm³/mol. The number of rotatable bonds is 11. The van der Waals surface area contributed by atoms with E-state index in [9.17, 15) is 4.79 Å². The van der Waals surface area contributed by atoms with Crippen molar-refractivity contribution >= 4 is 45.9 Å². The van der Waals surface area contributed by atoms with Gasteiger partial charge in [-0.3, -0.25) is 9.36 Å². The highest BCUT2D eigenvalue weighted by Crippen LogP contribution is 2.29. The molecule has 0 spiro atoms. The van der Waals surface area contributed by atoms with E-state index in [1.807, 2.05) is 16.7 Å². The summed E-state index contributed by atoms with van der Waals surface area (Å²) in [4.78, 5) is 12.7. The minimum atomic E-state index is -0.0783. The number of carbonyl (C=O) groups excluding carboxylic acids is 1. The lowest BCUT2D eigenvalue weighted by Crippen LogP contribution is -2.16. The third kappa shape index (κ3) is 7.33. The number of ether oxygens (including phenoxy) is 1. The maximum atomic E-state index is 12.7. The van der Waals surface area contributed by atoms with Gasteiger partial charge in [-0.25, -0.2) is 0 Å². The highest BCUT2D eigenvalue weighted by Gasteiger charge is 2.17. The van der Waals surface area contributed by atoms with Crippen LogP contribution in [0.2, 0.25) is 0 Å². The number of amides is 1. The minimum absolute atomic E-state index is 0.0783. The third-order valence-corrected chi connectivity index (χ3v) is 7.13. The Morgan fingerprint density at radius 2 is 1.89 bits per heavy atom. The lowest BCUT2D eigenvalue weighted by Gasteiger charge is -2.15. The number of allylic oxidation sites excluding steroid dienone is 1. The fourth-order valence-electron chi connectivity index (χ4n) is 3.67. The first kappa shape index (κ1) is 27.3. The molecule has 1 heterocycles. The third-order valence-electron chi connectivity index (χ3n) is 5.50.